The molecule has 1 aromatic rings. The van der Waals surface area contributed by atoms with Crippen LogP contribution in [0.5, 0.6) is 0 Å². The fourth-order valence-corrected chi connectivity index (χ4v) is 5.11. The minimum absolute atomic E-state index is 0. The molecule has 3 N–H and O–H groups in total. The van der Waals surface area contributed by atoms with Gasteiger partial charge in [0, 0.05) is 31.7 Å². The molecule has 5 atom stereocenters. The van der Waals surface area contributed by atoms with E-state index in [9.17, 15) is 4.79 Å². The van der Waals surface area contributed by atoms with Gasteiger partial charge in [-0.2, -0.15) is 0 Å². The van der Waals surface area contributed by atoms with Gasteiger partial charge < -0.3 is 11.1 Å². The first-order chi connectivity index (χ1) is 11.6. The van der Waals surface area contributed by atoms with Gasteiger partial charge in [-0.25, -0.2) is 0 Å². The fourth-order valence-electron chi connectivity index (χ4n) is 5.11. The summed E-state index contributed by atoms with van der Waals surface area (Å²) in [5, 5.41) is 3.20. The Morgan fingerprint density at radius 3 is 2.62 bits per heavy atom. The second-order valence-electron chi connectivity index (χ2n) is 8.02. The third kappa shape index (κ3) is 4.04. The number of amides is 1. The number of nitrogens with two attached hydrogens (primary N) is 1. The average molecular weight is 400 g/mol. The van der Waals surface area contributed by atoms with Crippen molar-refractivity contribution in [2.75, 3.05) is 13.1 Å². The first-order valence-electron chi connectivity index (χ1n) is 9.47. The molecule has 4 rings (SSSR count). The van der Waals surface area contributed by atoms with Crippen LogP contribution < -0.4 is 11.1 Å². The average Bonchev–Trinajstić information content (AvgIpc) is 3.20. The lowest BCUT2D eigenvalue weighted by Crippen LogP contribution is -2.49. The zero-order valence-corrected chi connectivity index (χ0v) is 17.0. The fraction of sp³-hybridized carbons (Fsp3) is 0.650. The molecule has 3 aliphatic rings. The highest BCUT2D eigenvalue weighted by Crippen LogP contribution is 2.47. The van der Waals surface area contributed by atoms with E-state index in [2.05, 4.69) is 41.4 Å². The van der Waals surface area contributed by atoms with Crippen LogP contribution in [0.1, 0.15) is 37.3 Å². The van der Waals surface area contributed by atoms with Crippen molar-refractivity contribution in [1.29, 1.82) is 0 Å². The van der Waals surface area contributed by atoms with Gasteiger partial charge in [0.25, 0.3) is 0 Å². The Hall–Kier alpha value is -0.810. The lowest BCUT2D eigenvalue weighted by molar-refractivity contribution is -0.127. The highest BCUT2D eigenvalue weighted by molar-refractivity contribution is 5.85. The molecule has 2 bridgehead atoms. The van der Waals surface area contributed by atoms with Crippen molar-refractivity contribution in [1.82, 2.24) is 10.2 Å². The zero-order chi connectivity index (χ0) is 16.7. The van der Waals surface area contributed by atoms with E-state index in [1.54, 1.807) is 0 Å². The van der Waals surface area contributed by atoms with Crippen molar-refractivity contribution < 1.29 is 4.79 Å². The molecule has 146 valence electrons. The maximum Gasteiger partial charge on any atom is 0.225 e. The van der Waals surface area contributed by atoms with Crippen LogP contribution in [0.25, 0.3) is 0 Å². The summed E-state index contributed by atoms with van der Waals surface area (Å²) in [6.45, 7) is 5.00. The van der Waals surface area contributed by atoms with E-state index in [4.69, 9.17) is 5.73 Å². The van der Waals surface area contributed by atoms with Gasteiger partial charge in [-0.3, -0.25) is 9.69 Å². The predicted molar refractivity (Wildman–Crippen MR) is 110 cm³/mol. The summed E-state index contributed by atoms with van der Waals surface area (Å²) in [6, 6.07) is 9.14. The van der Waals surface area contributed by atoms with Crippen molar-refractivity contribution in [2.24, 2.45) is 23.5 Å². The Balaban J connectivity index is 0.00000121. The molecule has 1 aliphatic heterocycles. The standard InChI is InChI=1S/C20H29N3O.2ClH/c1-13(23-9-8-14-4-2-3-5-17(14)12-23)11-22-20(24)18-15-6-7-16(10-15)19(18)21;;/h2-5,13,15-16,18-19H,6-12,21H2,1H3,(H,22,24);2*1H. The van der Waals surface area contributed by atoms with Gasteiger partial charge in [0.1, 0.15) is 0 Å². The summed E-state index contributed by atoms with van der Waals surface area (Å²) in [5.41, 5.74) is 9.19. The van der Waals surface area contributed by atoms with Crippen molar-refractivity contribution in [3.8, 4) is 0 Å². The number of hydrogen-bond acceptors (Lipinski definition) is 3. The van der Waals surface area contributed by atoms with Gasteiger partial charge in [0.05, 0.1) is 5.92 Å². The van der Waals surface area contributed by atoms with Gasteiger partial charge in [-0.1, -0.05) is 24.3 Å². The summed E-state index contributed by atoms with van der Waals surface area (Å²) in [7, 11) is 0. The van der Waals surface area contributed by atoms with Crippen molar-refractivity contribution >= 4 is 30.7 Å². The van der Waals surface area contributed by atoms with Crippen LogP contribution in [0, 0.1) is 17.8 Å². The Kier molecular flexibility index (Phi) is 7.37. The summed E-state index contributed by atoms with van der Waals surface area (Å²) >= 11 is 0. The lowest BCUT2D eigenvalue weighted by atomic mass is 9.84. The molecule has 4 nitrogen and oxygen atoms in total. The monoisotopic (exact) mass is 399 g/mol. The number of carbonyl (C=O) groups is 1. The summed E-state index contributed by atoms with van der Waals surface area (Å²) in [6.07, 6.45) is 4.68. The molecule has 1 amide bonds. The van der Waals surface area contributed by atoms with Crippen LogP contribution in [0.4, 0.5) is 0 Å². The minimum Gasteiger partial charge on any atom is -0.354 e. The van der Waals surface area contributed by atoms with Crippen molar-refractivity contribution in [3.05, 3.63) is 35.4 Å². The molecule has 2 fully saturated rings. The first kappa shape index (κ1) is 21.5. The van der Waals surface area contributed by atoms with Crippen LogP contribution in [0.2, 0.25) is 0 Å². The maximum absolute atomic E-state index is 12.6. The molecule has 1 aromatic carbocycles. The molecule has 1 heterocycles. The smallest absolute Gasteiger partial charge is 0.225 e. The number of hydrogen-bond donors (Lipinski definition) is 2. The van der Waals surface area contributed by atoms with E-state index in [0.29, 0.717) is 17.9 Å². The van der Waals surface area contributed by atoms with Gasteiger partial charge in [0.2, 0.25) is 5.91 Å². The van der Waals surface area contributed by atoms with E-state index in [1.807, 2.05) is 0 Å². The predicted octanol–water partition coefficient (Wildman–Crippen LogP) is 2.77. The number of benzene rings is 1. The van der Waals surface area contributed by atoms with Crippen molar-refractivity contribution in [3.63, 3.8) is 0 Å². The van der Waals surface area contributed by atoms with Crippen molar-refractivity contribution in [2.45, 2.75) is 51.2 Å². The number of fused-ring (bicyclic) bond motifs is 3. The Morgan fingerprint density at radius 1 is 1.23 bits per heavy atom. The molecule has 0 spiro atoms. The molecule has 0 saturated heterocycles. The van der Waals surface area contributed by atoms with E-state index >= 15 is 0 Å². The topological polar surface area (TPSA) is 58.4 Å². The molecular formula is C20H31Cl2N3O. The van der Waals surface area contributed by atoms with Crippen LogP contribution in [-0.4, -0.2) is 36.0 Å². The summed E-state index contributed by atoms with van der Waals surface area (Å²) in [4.78, 5) is 15.1. The summed E-state index contributed by atoms with van der Waals surface area (Å²) < 4.78 is 0. The molecule has 0 radical (unpaired) electrons. The van der Waals surface area contributed by atoms with E-state index < -0.39 is 0 Å². The van der Waals surface area contributed by atoms with Gasteiger partial charge in [-0.05, 0) is 55.6 Å². The highest BCUT2D eigenvalue weighted by atomic mass is 35.5. The third-order valence-electron chi connectivity index (χ3n) is 6.64. The molecule has 26 heavy (non-hydrogen) atoms. The van der Waals surface area contributed by atoms with Gasteiger partial charge in [0.15, 0.2) is 0 Å². The Bertz CT molecular complexity index is 625. The molecule has 0 aromatic heterocycles. The quantitative estimate of drug-likeness (QED) is 0.817. The van der Waals surface area contributed by atoms with E-state index in [0.717, 1.165) is 32.5 Å². The number of carbonyl (C=O) groups excluding carboxylic acids is 1. The first-order valence-corrected chi connectivity index (χ1v) is 9.47. The molecule has 6 heteroatoms. The van der Waals surface area contributed by atoms with Crippen LogP contribution in [0.3, 0.4) is 0 Å². The number of nitrogens with zero attached hydrogens (tertiary/aromatic N) is 1. The van der Waals surface area contributed by atoms with Crippen LogP contribution in [0.15, 0.2) is 24.3 Å². The third-order valence-corrected chi connectivity index (χ3v) is 6.64. The summed E-state index contributed by atoms with van der Waals surface area (Å²) in [5.74, 6) is 1.36. The number of rotatable bonds is 4. The highest BCUT2D eigenvalue weighted by Gasteiger charge is 2.49. The second-order valence-corrected chi connectivity index (χ2v) is 8.02. The number of nitrogens with one attached hydrogen (secondary N) is 1. The number of halogens is 2. The Morgan fingerprint density at radius 2 is 1.92 bits per heavy atom. The van der Waals surface area contributed by atoms with Gasteiger partial charge >= 0.3 is 0 Å². The second kappa shape index (κ2) is 8.92. The lowest BCUT2D eigenvalue weighted by Gasteiger charge is -2.34. The largest absolute Gasteiger partial charge is 0.354 e. The minimum atomic E-state index is 0. The Labute approximate surface area is 169 Å². The van der Waals surface area contributed by atoms with E-state index in [1.165, 1.54) is 24.0 Å². The normalized spacial score (nSPS) is 30.7. The molecule has 2 aliphatic carbocycles. The molecular weight excluding hydrogens is 369 g/mol. The van der Waals surface area contributed by atoms with Gasteiger partial charge in [-0.15, -0.1) is 24.8 Å². The van der Waals surface area contributed by atoms with Crippen LogP contribution in [-0.2, 0) is 17.8 Å². The SMILES string of the molecule is CC(CNC(=O)C1C2CCC(C2)C1N)N1CCc2ccccc2C1.Cl.Cl. The van der Waals surface area contributed by atoms with Crippen LogP contribution >= 0.6 is 24.8 Å². The zero-order valence-electron chi connectivity index (χ0n) is 15.4. The maximum atomic E-state index is 12.6. The molecule has 2 saturated carbocycles. The molecule has 5 unspecified atom stereocenters. The van der Waals surface area contributed by atoms with E-state index in [-0.39, 0.29) is 42.7 Å².